The quantitative estimate of drug-likeness (QED) is 0.921. The Morgan fingerprint density at radius 2 is 2.29 bits per heavy atom. The van der Waals surface area contributed by atoms with E-state index in [1.165, 1.54) is 11.3 Å². The van der Waals surface area contributed by atoms with Crippen molar-refractivity contribution in [3.8, 4) is 0 Å². The van der Waals surface area contributed by atoms with Gasteiger partial charge in [-0.2, -0.15) is 0 Å². The lowest BCUT2D eigenvalue weighted by Gasteiger charge is -2.08. The Hall–Kier alpha value is 0.0900. The highest BCUT2D eigenvalue weighted by Gasteiger charge is 2.20. The lowest BCUT2D eigenvalue weighted by molar-refractivity contribution is 0.583. The summed E-state index contributed by atoms with van der Waals surface area (Å²) >= 11 is 4.72. The van der Waals surface area contributed by atoms with Gasteiger partial charge in [-0.15, -0.1) is 11.3 Å². The van der Waals surface area contributed by atoms with Gasteiger partial charge in [0.2, 0.25) is 0 Å². The number of rotatable bonds is 4. The molecule has 0 amide bonds. The summed E-state index contributed by atoms with van der Waals surface area (Å²) < 4.78 is 24.2. The number of nitrogens with two attached hydrogens (primary N) is 1. The van der Waals surface area contributed by atoms with Crippen LogP contribution in [0, 0.1) is 0 Å². The summed E-state index contributed by atoms with van der Waals surface area (Å²) in [5.41, 5.74) is 5.33. The largest absolute Gasteiger partial charge is 0.329 e. The molecule has 0 fully saturated rings. The van der Waals surface area contributed by atoms with Gasteiger partial charge in [-0.05, 0) is 28.9 Å². The Balaban J connectivity index is 2.78. The predicted molar refractivity (Wildman–Crippen MR) is 63.2 cm³/mol. The van der Waals surface area contributed by atoms with Gasteiger partial charge in [0.25, 0.3) is 0 Å². The summed E-state index contributed by atoms with van der Waals surface area (Å²) in [7, 11) is -3.09. The third kappa shape index (κ3) is 3.05. The Morgan fingerprint density at radius 1 is 1.64 bits per heavy atom. The molecule has 0 aromatic carbocycles. The van der Waals surface area contributed by atoms with Crippen LogP contribution in [-0.2, 0) is 15.6 Å². The summed E-state index contributed by atoms with van der Waals surface area (Å²) in [6.45, 7) is 1.81. The van der Waals surface area contributed by atoms with Gasteiger partial charge < -0.3 is 5.73 Å². The maximum Gasteiger partial charge on any atom is 0.159 e. The SMILES string of the molecule is CC(CN)S(=O)(=O)Cc1cc(Br)cs1. The van der Waals surface area contributed by atoms with Crippen molar-refractivity contribution in [2.75, 3.05) is 6.54 Å². The molecule has 1 rings (SSSR count). The Bertz CT molecular complexity index is 399. The average Bonchev–Trinajstić information content (AvgIpc) is 2.48. The van der Waals surface area contributed by atoms with Crippen molar-refractivity contribution in [3.63, 3.8) is 0 Å². The third-order valence-electron chi connectivity index (χ3n) is 1.91. The highest BCUT2D eigenvalue weighted by molar-refractivity contribution is 9.10. The smallest absolute Gasteiger partial charge is 0.159 e. The van der Waals surface area contributed by atoms with Crippen LogP contribution in [0.3, 0.4) is 0 Å². The van der Waals surface area contributed by atoms with E-state index in [9.17, 15) is 8.42 Å². The zero-order valence-corrected chi connectivity index (χ0v) is 11.0. The molecule has 0 bridgehead atoms. The first-order chi connectivity index (χ1) is 6.45. The molecule has 1 aromatic rings. The van der Waals surface area contributed by atoms with Crippen LogP contribution in [0.25, 0.3) is 0 Å². The zero-order valence-electron chi connectivity index (χ0n) is 7.73. The van der Waals surface area contributed by atoms with Crippen LogP contribution in [-0.4, -0.2) is 20.2 Å². The summed E-state index contributed by atoms with van der Waals surface area (Å²) in [6, 6.07) is 1.82. The molecule has 14 heavy (non-hydrogen) atoms. The Kier molecular flexibility index (Phi) is 4.12. The van der Waals surface area contributed by atoms with Crippen molar-refractivity contribution in [3.05, 3.63) is 20.8 Å². The van der Waals surface area contributed by atoms with Gasteiger partial charge >= 0.3 is 0 Å². The zero-order chi connectivity index (χ0) is 10.8. The molecule has 0 saturated heterocycles. The van der Waals surface area contributed by atoms with E-state index >= 15 is 0 Å². The molecule has 3 nitrogen and oxygen atoms in total. The molecule has 1 heterocycles. The Labute approximate surface area is 96.4 Å². The summed E-state index contributed by atoms with van der Waals surface area (Å²) in [5.74, 6) is 0.0850. The second-order valence-electron chi connectivity index (χ2n) is 3.08. The van der Waals surface area contributed by atoms with E-state index in [1.807, 2.05) is 11.4 Å². The van der Waals surface area contributed by atoms with Gasteiger partial charge in [0, 0.05) is 21.3 Å². The monoisotopic (exact) mass is 297 g/mol. The highest BCUT2D eigenvalue weighted by atomic mass is 79.9. The van der Waals surface area contributed by atoms with E-state index in [2.05, 4.69) is 15.9 Å². The van der Waals surface area contributed by atoms with E-state index in [0.29, 0.717) is 0 Å². The van der Waals surface area contributed by atoms with Crippen LogP contribution >= 0.6 is 27.3 Å². The van der Waals surface area contributed by atoms with E-state index in [0.717, 1.165) is 9.35 Å². The lowest BCUT2D eigenvalue weighted by atomic mass is 10.5. The molecular weight excluding hydrogens is 286 g/mol. The minimum atomic E-state index is -3.09. The number of hydrogen-bond donors (Lipinski definition) is 1. The maximum absolute atomic E-state index is 11.7. The topological polar surface area (TPSA) is 60.2 Å². The molecule has 0 radical (unpaired) electrons. The van der Waals surface area contributed by atoms with Crippen molar-refractivity contribution in [2.24, 2.45) is 5.73 Å². The molecule has 2 N–H and O–H groups in total. The highest BCUT2D eigenvalue weighted by Crippen LogP contribution is 2.22. The summed E-state index contributed by atoms with van der Waals surface area (Å²) in [5, 5.41) is 1.40. The molecule has 1 atom stereocenters. The van der Waals surface area contributed by atoms with Crippen molar-refractivity contribution in [2.45, 2.75) is 17.9 Å². The van der Waals surface area contributed by atoms with Crippen LogP contribution in [0.5, 0.6) is 0 Å². The lowest BCUT2D eigenvalue weighted by Crippen LogP contribution is -2.27. The molecule has 1 unspecified atom stereocenters. The molecule has 0 spiro atoms. The molecule has 80 valence electrons. The second kappa shape index (κ2) is 4.74. The molecule has 0 aliphatic carbocycles. The standard InChI is InChI=1S/C8H12BrNO2S2/c1-6(3-10)14(11,12)5-8-2-7(9)4-13-8/h2,4,6H,3,5,10H2,1H3. The minimum absolute atomic E-state index is 0.0850. The normalized spacial score (nSPS) is 14.2. The number of hydrogen-bond acceptors (Lipinski definition) is 4. The number of thiophene rings is 1. The fourth-order valence-electron chi connectivity index (χ4n) is 0.917. The summed E-state index contributed by atoms with van der Waals surface area (Å²) in [6.07, 6.45) is 0. The fraction of sp³-hybridized carbons (Fsp3) is 0.500. The first-order valence-electron chi connectivity index (χ1n) is 4.10. The minimum Gasteiger partial charge on any atom is -0.329 e. The number of sulfone groups is 1. The molecular formula is C8H12BrNO2S2. The number of halogens is 1. The van der Waals surface area contributed by atoms with Gasteiger partial charge in [0.15, 0.2) is 9.84 Å². The average molecular weight is 298 g/mol. The summed E-state index contributed by atoms with van der Waals surface area (Å²) in [4.78, 5) is 0.845. The van der Waals surface area contributed by atoms with E-state index in [1.54, 1.807) is 6.92 Å². The van der Waals surface area contributed by atoms with E-state index in [-0.39, 0.29) is 12.3 Å². The van der Waals surface area contributed by atoms with Crippen LogP contribution in [0.2, 0.25) is 0 Å². The maximum atomic E-state index is 11.7. The second-order valence-corrected chi connectivity index (χ2v) is 7.42. The van der Waals surface area contributed by atoms with Crippen molar-refractivity contribution in [1.29, 1.82) is 0 Å². The molecule has 1 aromatic heterocycles. The van der Waals surface area contributed by atoms with Crippen molar-refractivity contribution < 1.29 is 8.42 Å². The van der Waals surface area contributed by atoms with Gasteiger partial charge in [-0.25, -0.2) is 8.42 Å². The van der Waals surface area contributed by atoms with Crippen LogP contribution in [0.1, 0.15) is 11.8 Å². The first kappa shape index (κ1) is 12.2. The Morgan fingerprint density at radius 3 is 2.71 bits per heavy atom. The molecule has 6 heteroatoms. The van der Waals surface area contributed by atoms with Gasteiger partial charge in [0.1, 0.15) is 0 Å². The van der Waals surface area contributed by atoms with Crippen LogP contribution in [0.15, 0.2) is 15.9 Å². The first-order valence-corrected chi connectivity index (χ1v) is 7.49. The van der Waals surface area contributed by atoms with Crippen LogP contribution < -0.4 is 5.73 Å². The molecule has 0 aliphatic rings. The fourth-order valence-corrected chi connectivity index (χ4v) is 3.97. The third-order valence-corrected chi connectivity index (χ3v) is 5.92. The van der Waals surface area contributed by atoms with Gasteiger partial charge in [-0.3, -0.25) is 0 Å². The molecule has 0 saturated carbocycles. The van der Waals surface area contributed by atoms with E-state index < -0.39 is 15.1 Å². The van der Waals surface area contributed by atoms with Gasteiger partial charge in [-0.1, -0.05) is 0 Å². The van der Waals surface area contributed by atoms with Crippen molar-refractivity contribution in [1.82, 2.24) is 0 Å². The van der Waals surface area contributed by atoms with Crippen LogP contribution in [0.4, 0.5) is 0 Å². The molecule has 0 aliphatic heterocycles. The van der Waals surface area contributed by atoms with E-state index in [4.69, 9.17) is 5.73 Å². The van der Waals surface area contributed by atoms with Crippen molar-refractivity contribution >= 4 is 37.1 Å². The van der Waals surface area contributed by atoms with Gasteiger partial charge in [0.05, 0.1) is 11.0 Å². The predicted octanol–water partition coefficient (Wildman–Crippen LogP) is 1.77.